The Balaban J connectivity index is 3.31. The van der Waals surface area contributed by atoms with Crippen LogP contribution in [0.5, 0.6) is 0 Å². The van der Waals surface area contributed by atoms with Crippen LogP contribution >= 0.6 is 15.9 Å². The predicted octanol–water partition coefficient (Wildman–Crippen LogP) is 5.22. The molecule has 1 aromatic rings. The van der Waals surface area contributed by atoms with Crippen LogP contribution in [0, 0.1) is 0 Å². The van der Waals surface area contributed by atoms with Gasteiger partial charge in [0.05, 0.1) is 0 Å². The maximum Gasteiger partial charge on any atom is 0.0398 e. The normalized spacial score (nSPS) is 12.8. The first kappa shape index (κ1) is 13.8. The highest BCUT2D eigenvalue weighted by Gasteiger charge is 2.14. The summed E-state index contributed by atoms with van der Waals surface area (Å²) in [5.74, 6) is 0. The standard InChI is InChI=1S/C15H23Br/c1-5-11-9-12(6-2)15(14(16)8-4)13(7-3)10-11/h9-10,14H,5-8H2,1-4H3. The molecule has 0 spiro atoms. The Kier molecular flexibility index (Phi) is 5.54. The minimum Gasteiger partial charge on any atom is -0.0839 e. The van der Waals surface area contributed by atoms with E-state index >= 15 is 0 Å². The first-order valence-corrected chi connectivity index (χ1v) is 7.37. The van der Waals surface area contributed by atoms with Crippen molar-refractivity contribution in [1.29, 1.82) is 0 Å². The van der Waals surface area contributed by atoms with Crippen molar-refractivity contribution in [2.45, 2.75) is 58.2 Å². The van der Waals surface area contributed by atoms with Crippen molar-refractivity contribution in [3.8, 4) is 0 Å². The van der Waals surface area contributed by atoms with E-state index in [9.17, 15) is 0 Å². The lowest BCUT2D eigenvalue weighted by Gasteiger charge is -2.19. The minimum absolute atomic E-state index is 0.517. The number of rotatable bonds is 5. The van der Waals surface area contributed by atoms with E-state index in [1.165, 1.54) is 16.7 Å². The molecule has 0 radical (unpaired) electrons. The highest BCUT2D eigenvalue weighted by atomic mass is 79.9. The fraction of sp³-hybridized carbons (Fsp3) is 0.600. The molecule has 0 aliphatic carbocycles. The molecule has 0 aliphatic rings. The summed E-state index contributed by atoms with van der Waals surface area (Å²) in [5, 5.41) is 0. The average molecular weight is 283 g/mol. The van der Waals surface area contributed by atoms with Gasteiger partial charge in [-0.25, -0.2) is 0 Å². The smallest absolute Gasteiger partial charge is 0.0398 e. The third-order valence-electron chi connectivity index (χ3n) is 3.25. The number of alkyl halides is 1. The summed E-state index contributed by atoms with van der Waals surface area (Å²) < 4.78 is 0. The maximum absolute atomic E-state index is 3.81. The highest BCUT2D eigenvalue weighted by Crippen LogP contribution is 2.33. The number of aryl methyl sites for hydroxylation is 3. The molecule has 0 aromatic heterocycles. The van der Waals surface area contributed by atoms with Crippen molar-refractivity contribution >= 4 is 15.9 Å². The summed E-state index contributed by atoms with van der Waals surface area (Å²) in [6.07, 6.45) is 4.57. The third kappa shape index (κ3) is 2.88. The van der Waals surface area contributed by atoms with E-state index in [2.05, 4.69) is 55.8 Å². The van der Waals surface area contributed by atoms with E-state index in [0.29, 0.717) is 4.83 Å². The Morgan fingerprint density at radius 2 is 1.44 bits per heavy atom. The van der Waals surface area contributed by atoms with E-state index in [-0.39, 0.29) is 0 Å². The predicted molar refractivity (Wildman–Crippen MR) is 76.5 cm³/mol. The summed E-state index contributed by atoms with van der Waals surface area (Å²) in [5.41, 5.74) is 6.08. The second-order valence-corrected chi connectivity index (χ2v) is 5.37. The molecule has 90 valence electrons. The van der Waals surface area contributed by atoms with Gasteiger partial charge in [0.1, 0.15) is 0 Å². The monoisotopic (exact) mass is 282 g/mol. The second-order valence-electron chi connectivity index (χ2n) is 4.26. The van der Waals surface area contributed by atoms with Gasteiger partial charge in [-0.2, -0.15) is 0 Å². The lowest BCUT2D eigenvalue weighted by Crippen LogP contribution is -2.03. The van der Waals surface area contributed by atoms with Crippen LogP contribution in [-0.2, 0) is 19.3 Å². The molecule has 0 fully saturated rings. The van der Waals surface area contributed by atoms with Gasteiger partial charge in [0, 0.05) is 4.83 Å². The van der Waals surface area contributed by atoms with Crippen LogP contribution in [0.2, 0.25) is 0 Å². The Morgan fingerprint density at radius 1 is 0.938 bits per heavy atom. The molecule has 0 saturated heterocycles. The van der Waals surface area contributed by atoms with E-state index in [1.807, 2.05) is 0 Å². The maximum atomic E-state index is 3.81. The van der Waals surface area contributed by atoms with Crippen LogP contribution in [0.15, 0.2) is 12.1 Å². The van der Waals surface area contributed by atoms with Crippen molar-refractivity contribution in [3.05, 3.63) is 34.4 Å². The largest absolute Gasteiger partial charge is 0.0839 e. The quantitative estimate of drug-likeness (QED) is 0.650. The van der Waals surface area contributed by atoms with Gasteiger partial charge >= 0.3 is 0 Å². The van der Waals surface area contributed by atoms with Gasteiger partial charge in [-0.3, -0.25) is 0 Å². The van der Waals surface area contributed by atoms with E-state index in [0.717, 1.165) is 25.7 Å². The molecule has 1 atom stereocenters. The summed E-state index contributed by atoms with van der Waals surface area (Å²) in [6.45, 7) is 8.99. The first-order valence-electron chi connectivity index (χ1n) is 6.46. The average Bonchev–Trinajstić information content (AvgIpc) is 2.35. The molecular formula is C15H23Br. The molecule has 0 aliphatic heterocycles. The van der Waals surface area contributed by atoms with Gasteiger partial charge in [0.25, 0.3) is 0 Å². The molecule has 0 nitrogen and oxygen atoms in total. The van der Waals surface area contributed by atoms with Crippen LogP contribution in [0.25, 0.3) is 0 Å². The summed E-state index contributed by atoms with van der Waals surface area (Å²) in [7, 11) is 0. The zero-order valence-electron chi connectivity index (χ0n) is 10.9. The zero-order valence-corrected chi connectivity index (χ0v) is 12.5. The fourth-order valence-corrected chi connectivity index (χ4v) is 2.83. The van der Waals surface area contributed by atoms with Crippen molar-refractivity contribution in [3.63, 3.8) is 0 Å². The highest BCUT2D eigenvalue weighted by molar-refractivity contribution is 9.09. The number of benzene rings is 1. The van der Waals surface area contributed by atoms with Gasteiger partial charge in [-0.15, -0.1) is 0 Å². The molecule has 1 unspecified atom stereocenters. The molecular weight excluding hydrogens is 260 g/mol. The summed E-state index contributed by atoms with van der Waals surface area (Å²) >= 11 is 3.81. The summed E-state index contributed by atoms with van der Waals surface area (Å²) in [6, 6.07) is 4.77. The van der Waals surface area contributed by atoms with Crippen molar-refractivity contribution in [1.82, 2.24) is 0 Å². The Labute approximate surface area is 109 Å². The molecule has 0 amide bonds. The third-order valence-corrected chi connectivity index (χ3v) is 4.36. The molecule has 1 aromatic carbocycles. The van der Waals surface area contributed by atoms with Gasteiger partial charge in [0.2, 0.25) is 0 Å². The van der Waals surface area contributed by atoms with E-state index in [1.54, 1.807) is 5.56 Å². The van der Waals surface area contributed by atoms with E-state index in [4.69, 9.17) is 0 Å². The van der Waals surface area contributed by atoms with E-state index < -0.39 is 0 Å². The molecule has 0 bridgehead atoms. The lowest BCUT2D eigenvalue weighted by molar-refractivity contribution is 0.863. The Hall–Kier alpha value is -0.300. The van der Waals surface area contributed by atoms with Crippen molar-refractivity contribution < 1.29 is 0 Å². The van der Waals surface area contributed by atoms with Crippen LogP contribution in [0.1, 0.15) is 61.2 Å². The van der Waals surface area contributed by atoms with Gasteiger partial charge in [-0.05, 0) is 47.9 Å². The van der Waals surface area contributed by atoms with Gasteiger partial charge < -0.3 is 0 Å². The molecule has 1 heteroatoms. The number of hydrogen-bond donors (Lipinski definition) is 0. The molecule has 0 saturated carbocycles. The second kappa shape index (κ2) is 6.44. The zero-order chi connectivity index (χ0) is 12.1. The SMILES string of the molecule is CCc1cc(CC)c(C(Br)CC)c(CC)c1. The molecule has 0 heterocycles. The number of hydrogen-bond acceptors (Lipinski definition) is 0. The first-order chi connectivity index (χ1) is 7.67. The molecule has 0 N–H and O–H groups in total. The minimum atomic E-state index is 0.517. The lowest BCUT2D eigenvalue weighted by atomic mass is 9.91. The van der Waals surface area contributed by atoms with Crippen molar-refractivity contribution in [2.75, 3.05) is 0 Å². The Morgan fingerprint density at radius 3 is 1.75 bits per heavy atom. The molecule has 1 rings (SSSR count). The van der Waals surface area contributed by atoms with Gasteiger partial charge in [-0.1, -0.05) is 55.8 Å². The van der Waals surface area contributed by atoms with Crippen molar-refractivity contribution in [2.24, 2.45) is 0 Å². The topological polar surface area (TPSA) is 0 Å². The van der Waals surface area contributed by atoms with Crippen LogP contribution in [0.4, 0.5) is 0 Å². The van der Waals surface area contributed by atoms with Crippen LogP contribution < -0.4 is 0 Å². The summed E-state index contributed by atoms with van der Waals surface area (Å²) in [4.78, 5) is 0.517. The van der Waals surface area contributed by atoms with Crippen LogP contribution in [0.3, 0.4) is 0 Å². The number of halogens is 1. The van der Waals surface area contributed by atoms with Gasteiger partial charge in [0.15, 0.2) is 0 Å². The fourth-order valence-electron chi connectivity index (χ4n) is 2.25. The van der Waals surface area contributed by atoms with Crippen LogP contribution in [-0.4, -0.2) is 0 Å². The Bertz CT molecular complexity index is 316. The molecule has 16 heavy (non-hydrogen) atoms.